The average Bonchev–Trinajstić information content (AvgIpc) is 2.11. The maximum atomic E-state index is 13.2. The van der Waals surface area contributed by atoms with Crippen molar-refractivity contribution in [3.8, 4) is 0 Å². The summed E-state index contributed by atoms with van der Waals surface area (Å²) >= 11 is 0. The van der Waals surface area contributed by atoms with E-state index in [1.54, 1.807) is 0 Å². The van der Waals surface area contributed by atoms with E-state index in [0.29, 0.717) is 12.5 Å². The first kappa shape index (κ1) is 10.8. The molecule has 0 unspecified atom stereocenters. The van der Waals surface area contributed by atoms with E-state index < -0.39 is 11.6 Å². The van der Waals surface area contributed by atoms with Gasteiger partial charge in [-0.2, -0.15) is 0 Å². The van der Waals surface area contributed by atoms with Crippen LogP contribution in [0, 0.1) is 17.6 Å². The third-order valence-corrected chi connectivity index (χ3v) is 1.81. The van der Waals surface area contributed by atoms with Crippen LogP contribution in [0.25, 0.3) is 0 Å². The minimum Gasteiger partial charge on any atom is -0.397 e. The molecule has 0 aromatic heterocycles. The van der Waals surface area contributed by atoms with Gasteiger partial charge in [0.05, 0.1) is 11.4 Å². The summed E-state index contributed by atoms with van der Waals surface area (Å²) in [5, 5.41) is 2.78. The molecule has 4 heteroatoms. The van der Waals surface area contributed by atoms with E-state index in [2.05, 4.69) is 5.32 Å². The van der Waals surface area contributed by atoms with Crippen LogP contribution >= 0.6 is 0 Å². The van der Waals surface area contributed by atoms with Gasteiger partial charge in [-0.1, -0.05) is 13.8 Å². The Morgan fingerprint density at radius 3 is 2.57 bits per heavy atom. The summed E-state index contributed by atoms with van der Waals surface area (Å²) in [6, 6.07) is 2.37. The van der Waals surface area contributed by atoms with Gasteiger partial charge in [0.1, 0.15) is 0 Å². The van der Waals surface area contributed by atoms with Crippen LogP contribution in [0.4, 0.5) is 20.2 Å². The number of hydrogen-bond donors (Lipinski definition) is 2. The van der Waals surface area contributed by atoms with Gasteiger partial charge < -0.3 is 11.1 Å². The number of benzene rings is 1. The zero-order valence-electron chi connectivity index (χ0n) is 8.27. The van der Waals surface area contributed by atoms with Crippen molar-refractivity contribution in [1.82, 2.24) is 0 Å². The maximum Gasteiger partial charge on any atom is 0.183 e. The van der Waals surface area contributed by atoms with Gasteiger partial charge in [0.15, 0.2) is 11.6 Å². The number of hydrogen-bond acceptors (Lipinski definition) is 2. The highest BCUT2D eigenvalue weighted by atomic mass is 19.2. The zero-order valence-corrected chi connectivity index (χ0v) is 8.27. The summed E-state index contributed by atoms with van der Waals surface area (Å²) in [5.41, 5.74) is 5.79. The monoisotopic (exact) mass is 200 g/mol. The molecule has 0 saturated carbocycles. The van der Waals surface area contributed by atoms with Crippen molar-refractivity contribution < 1.29 is 8.78 Å². The molecule has 0 atom stereocenters. The molecular formula is C10H14F2N2. The number of nitrogens with one attached hydrogen (secondary N) is 1. The first-order chi connectivity index (χ1) is 6.52. The molecule has 0 aliphatic heterocycles. The molecule has 1 rings (SSSR count). The second-order valence-corrected chi connectivity index (χ2v) is 3.60. The molecule has 0 fully saturated rings. The molecule has 78 valence electrons. The second-order valence-electron chi connectivity index (χ2n) is 3.60. The Morgan fingerprint density at radius 2 is 2.00 bits per heavy atom. The fraction of sp³-hybridized carbons (Fsp3) is 0.400. The van der Waals surface area contributed by atoms with E-state index in [9.17, 15) is 8.78 Å². The predicted octanol–water partition coefficient (Wildman–Crippen LogP) is 2.61. The lowest BCUT2D eigenvalue weighted by Crippen LogP contribution is -2.11. The van der Waals surface area contributed by atoms with Crippen LogP contribution in [0.2, 0.25) is 0 Å². The summed E-state index contributed by atoms with van der Waals surface area (Å²) in [6.07, 6.45) is 0. The van der Waals surface area contributed by atoms with E-state index in [0.717, 1.165) is 6.07 Å². The van der Waals surface area contributed by atoms with Gasteiger partial charge in [-0.05, 0) is 18.1 Å². The van der Waals surface area contributed by atoms with Crippen molar-refractivity contribution in [2.75, 3.05) is 17.6 Å². The number of anilines is 2. The van der Waals surface area contributed by atoms with Gasteiger partial charge in [0.25, 0.3) is 0 Å². The topological polar surface area (TPSA) is 38.0 Å². The standard InChI is InChI=1S/C10H14F2N2/c1-6(2)5-14-10-8(13)4-3-7(11)9(10)12/h3-4,6,14H,5,13H2,1-2H3. The Kier molecular flexibility index (Phi) is 3.28. The lowest BCUT2D eigenvalue weighted by atomic mass is 10.2. The third kappa shape index (κ3) is 2.34. The minimum absolute atomic E-state index is 0.0544. The normalized spacial score (nSPS) is 10.6. The van der Waals surface area contributed by atoms with Gasteiger partial charge in [-0.25, -0.2) is 8.78 Å². The predicted molar refractivity (Wildman–Crippen MR) is 54.1 cm³/mol. The van der Waals surface area contributed by atoms with E-state index in [1.807, 2.05) is 13.8 Å². The van der Waals surface area contributed by atoms with Crippen LogP contribution in [0.3, 0.4) is 0 Å². The number of nitrogen functional groups attached to an aromatic ring is 1. The fourth-order valence-electron chi connectivity index (χ4n) is 1.05. The lowest BCUT2D eigenvalue weighted by Gasteiger charge is -2.12. The molecule has 0 saturated heterocycles. The Morgan fingerprint density at radius 1 is 1.36 bits per heavy atom. The summed E-state index contributed by atoms with van der Waals surface area (Å²) in [7, 11) is 0. The molecule has 3 N–H and O–H groups in total. The summed E-state index contributed by atoms with van der Waals surface area (Å²) in [6.45, 7) is 4.51. The van der Waals surface area contributed by atoms with E-state index >= 15 is 0 Å². The summed E-state index contributed by atoms with van der Waals surface area (Å²) < 4.78 is 26.0. The molecule has 0 bridgehead atoms. The molecule has 0 spiro atoms. The quantitative estimate of drug-likeness (QED) is 0.736. The Labute approximate surface area is 82.1 Å². The van der Waals surface area contributed by atoms with Crippen LogP contribution in [-0.4, -0.2) is 6.54 Å². The molecule has 1 aromatic carbocycles. The molecule has 0 radical (unpaired) electrons. The summed E-state index contributed by atoms with van der Waals surface area (Å²) in [4.78, 5) is 0. The van der Waals surface area contributed by atoms with Crippen molar-refractivity contribution in [3.63, 3.8) is 0 Å². The SMILES string of the molecule is CC(C)CNc1c(N)ccc(F)c1F. The third-order valence-electron chi connectivity index (χ3n) is 1.81. The smallest absolute Gasteiger partial charge is 0.183 e. The van der Waals surface area contributed by atoms with E-state index in [1.165, 1.54) is 6.07 Å². The fourth-order valence-corrected chi connectivity index (χ4v) is 1.05. The van der Waals surface area contributed by atoms with Gasteiger partial charge >= 0.3 is 0 Å². The average molecular weight is 200 g/mol. The van der Waals surface area contributed by atoms with E-state index in [4.69, 9.17) is 5.73 Å². The van der Waals surface area contributed by atoms with Crippen LogP contribution in [-0.2, 0) is 0 Å². The highest BCUT2D eigenvalue weighted by Gasteiger charge is 2.11. The lowest BCUT2D eigenvalue weighted by molar-refractivity contribution is 0.510. The van der Waals surface area contributed by atoms with Crippen LogP contribution in [0.15, 0.2) is 12.1 Å². The molecule has 14 heavy (non-hydrogen) atoms. The molecule has 0 heterocycles. The van der Waals surface area contributed by atoms with Crippen LogP contribution in [0.5, 0.6) is 0 Å². The van der Waals surface area contributed by atoms with Gasteiger partial charge in [0.2, 0.25) is 0 Å². The molecule has 0 aliphatic carbocycles. The number of halogens is 2. The van der Waals surface area contributed by atoms with Crippen molar-refractivity contribution >= 4 is 11.4 Å². The molecule has 0 aliphatic rings. The maximum absolute atomic E-state index is 13.2. The Balaban J connectivity index is 2.89. The van der Waals surface area contributed by atoms with Crippen molar-refractivity contribution in [1.29, 1.82) is 0 Å². The number of nitrogens with two attached hydrogens (primary N) is 1. The molecule has 0 amide bonds. The second kappa shape index (κ2) is 4.26. The summed E-state index contributed by atoms with van der Waals surface area (Å²) in [5.74, 6) is -1.45. The molecule has 1 aromatic rings. The first-order valence-electron chi connectivity index (χ1n) is 4.49. The zero-order chi connectivity index (χ0) is 10.7. The van der Waals surface area contributed by atoms with Crippen molar-refractivity contribution in [2.45, 2.75) is 13.8 Å². The first-order valence-corrected chi connectivity index (χ1v) is 4.49. The highest BCUT2D eigenvalue weighted by molar-refractivity contribution is 5.66. The molecule has 2 nitrogen and oxygen atoms in total. The van der Waals surface area contributed by atoms with Gasteiger partial charge in [-0.3, -0.25) is 0 Å². The molecular weight excluding hydrogens is 186 g/mol. The highest BCUT2D eigenvalue weighted by Crippen LogP contribution is 2.24. The number of rotatable bonds is 3. The van der Waals surface area contributed by atoms with Crippen molar-refractivity contribution in [2.24, 2.45) is 5.92 Å². The van der Waals surface area contributed by atoms with Gasteiger partial charge in [0, 0.05) is 6.54 Å². The largest absolute Gasteiger partial charge is 0.397 e. The van der Waals surface area contributed by atoms with Crippen molar-refractivity contribution in [3.05, 3.63) is 23.8 Å². The van der Waals surface area contributed by atoms with Gasteiger partial charge in [-0.15, -0.1) is 0 Å². The van der Waals surface area contributed by atoms with Crippen LogP contribution in [0.1, 0.15) is 13.8 Å². The minimum atomic E-state index is -0.911. The van der Waals surface area contributed by atoms with Crippen LogP contribution < -0.4 is 11.1 Å². The Hall–Kier alpha value is -1.32. The van der Waals surface area contributed by atoms with E-state index in [-0.39, 0.29) is 11.4 Å². The Bertz CT molecular complexity index is 324.